The second kappa shape index (κ2) is 5.19. The third-order valence-electron chi connectivity index (χ3n) is 2.07. The van der Waals surface area contributed by atoms with E-state index in [4.69, 9.17) is 4.43 Å². The Morgan fingerprint density at radius 2 is 2.08 bits per heavy atom. The number of hydrogen-bond donors (Lipinski definition) is 0. The molecule has 0 amide bonds. The fourth-order valence-corrected chi connectivity index (χ4v) is 0.658. The average Bonchev–Trinajstić information content (AvgIpc) is 2.16. The fraction of sp³-hybridized carbons (Fsp3) is 0.667. The van der Waals surface area contributed by atoms with Crippen LogP contribution in [0.25, 0.3) is 0 Å². The number of rotatable bonds is 2. The SMILES string of the molecule is CC1=COC1=O.CCC(C)(C)O[SiH3]. The van der Waals surface area contributed by atoms with Gasteiger partial charge in [0, 0.05) is 5.60 Å². The minimum Gasteiger partial charge on any atom is -0.430 e. The largest absolute Gasteiger partial charge is 0.430 e. The monoisotopic (exact) mass is 202 g/mol. The molecule has 1 aliphatic heterocycles. The van der Waals surface area contributed by atoms with Crippen molar-refractivity contribution in [2.45, 2.75) is 39.7 Å². The van der Waals surface area contributed by atoms with Crippen molar-refractivity contribution in [3.63, 3.8) is 0 Å². The van der Waals surface area contributed by atoms with Crippen molar-refractivity contribution in [3.05, 3.63) is 11.8 Å². The molecule has 13 heavy (non-hydrogen) atoms. The van der Waals surface area contributed by atoms with Crippen LogP contribution in [0.2, 0.25) is 0 Å². The molecule has 0 N–H and O–H groups in total. The summed E-state index contributed by atoms with van der Waals surface area (Å²) in [7, 11) is 0.857. The molecule has 0 aromatic heterocycles. The first-order valence-corrected chi connectivity index (χ1v) is 5.17. The molecule has 0 saturated carbocycles. The number of cyclic esters (lactones) is 1. The highest BCUT2D eigenvalue weighted by Gasteiger charge is 2.12. The predicted octanol–water partition coefficient (Wildman–Crippen LogP) is 0.919. The third kappa shape index (κ3) is 4.85. The van der Waals surface area contributed by atoms with Gasteiger partial charge in [-0.3, -0.25) is 0 Å². The molecular formula is C9H18O3Si. The molecule has 0 fully saturated rings. The van der Waals surface area contributed by atoms with Gasteiger partial charge >= 0.3 is 5.97 Å². The first kappa shape index (κ1) is 12.4. The van der Waals surface area contributed by atoms with Crippen LogP contribution >= 0.6 is 0 Å². The Kier molecular flexibility index (Phi) is 4.94. The van der Waals surface area contributed by atoms with Gasteiger partial charge < -0.3 is 9.16 Å². The Labute approximate surface area is 82.7 Å². The second-order valence-corrected chi connectivity index (χ2v) is 3.93. The van der Waals surface area contributed by atoms with E-state index in [1.807, 2.05) is 0 Å². The van der Waals surface area contributed by atoms with Crippen molar-refractivity contribution in [3.8, 4) is 0 Å². The molecular weight excluding hydrogens is 184 g/mol. The zero-order valence-corrected chi connectivity index (χ0v) is 11.0. The molecule has 0 aromatic rings. The van der Waals surface area contributed by atoms with Crippen LogP contribution in [-0.2, 0) is 14.0 Å². The summed E-state index contributed by atoms with van der Waals surface area (Å²) in [5.41, 5.74) is 0.849. The number of ether oxygens (including phenoxy) is 1. The van der Waals surface area contributed by atoms with Crippen molar-refractivity contribution < 1.29 is 14.0 Å². The van der Waals surface area contributed by atoms with Gasteiger partial charge in [-0.2, -0.15) is 0 Å². The molecule has 1 aliphatic rings. The molecule has 1 heterocycles. The lowest BCUT2D eigenvalue weighted by Crippen LogP contribution is -2.20. The van der Waals surface area contributed by atoms with Gasteiger partial charge in [0.2, 0.25) is 0 Å². The van der Waals surface area contributed by atoms with Gasteiger partial charge in [-0.1, -0.05) is 6.92 Å². The first-order valence-electron chi connectivity index (χ1n) is 4.36. The zero-order valence-electron chi connectivity index (χ0n) is 9.01. The van der Waals surface area contributed by atoms with Crippen LogP contribution in [0.3, 0.4) is 0 Å². The van der Waals surface area contributed by atoms with Crippen molar-refractivity contribution in [2.75, 3.05) is 0 Å². The molecule has 0 bridgehead atoms. The summed E-state index contributed by atoms with van der Waals surface area (Å²) in [5, 5.41) is 0. The molecule has 0 aliphatic carbocycles. The molecule has 0 unspecified atom stereocenters. The van der Waals surface area contributed by atoms with Crippen LogP contribution in [-0.4, -0.2) is 22.1 Å². The summed E-state index contributed by atoms with van der Waals surface area (Å²) in [5.74, 6) is -0.199. The van der Waals surface area contributed by atoms with Crippen LogP contribution in [0.5, 0.6) is 0 Å². The second-order valence-electron chi connectivity index (χ2n) is 3.52. The maximum absolute atomic E-state index is 9.94. The summed E-state index contributed by atoms with van der Waals surface area (Å²) >= 11 is 0. The standard InChI is InChI=1S/C5H14OSi.C4H4O2/c1-4-5(2,3)6-7;1-3-2-6-4(3)5/h4H2,1-3,7H3;2H,1H3. The Hall–Kier alpha value is -0.613. The van der Waals surface area contributed by atoms with E-state index in [1.54, 1.807) is 6.92 Å². The number of esters is 1. The van der Waals surface area contributed by atoms with Gasteiger partial charge in [-0.15, -0.1) is 0 Å². The molecule has 0 saturated heterocycles. The van der Waals surface area contributed by atoms with Gasteiger partial charge in [0.15, 0.2) is 0 Å². The summed E-state index contributed by atoms with van der Waals surface area (Å²) in [6, 6.07) is 0. The molecule has 0 aromatic carbocycles. The van der Waals surface area contributed by atoms with Crippen molar-refractivity contribution in [1.82, 2.24) is 0 Å². The van der Waals surface area contributed by atoms with E-state index in [9.17, 15) is 4.79 Å². The van der Waals surface area contributed by atoms with Crippen molar-refractivity contribution in [1.29, 1.82) is 0 Å². The summed E-state index contributed by atoms with van der Waals surface area (Å²) < 4.78 is 9.47. The minimum absolute atomic E-state index is 0.145. The van der Waals surface area contributed by atoms with Gasteiger partial charge in [0.05, 0.1) is 5.57 Å². The maximum atomic E-state index is 9.94. The molecule has 0 radical (unpaired) electrons. The van der Waals surface area contributed by atoms with Gasteiger partial charge in [-0.25, -0.2) is 4.79 Å². The molecule has 3 nitrogen and oxygen atoms in total. The Bertz CT molecular complexity index is 203. The summed E-state index contributed by atoms with van der Waals surface area (Å²) in [6.45, 7) is 8.07. The highest BCUT2D eigenvalue weighted by molar-refractivity contribution is 5.98. The molecule has 0 spiro atoms. The molecule has 4 heteroatoms. The Balaban J connectivity index is 0.000000223. The first-order chi connectivity index (χ1) is 5.93. The molecule has 0 atom stereocenters. The third-order valence-corrected chi connectivity index (χ3v) is 3.17. The average molecular weight is 202 g/mol. The molecule has 76 valence electrons. The topological polar surface area (TPSA) is 35.5 Å². The quantitative estimate of drug-likeness (QED) is 0.493. The van der Waals surface area contributed by atoms with E-state index in [-0.39, 0.29) is 11.6 Å². The van der Waals surface area contributed by atoms with Crippen LogP contribution in [0.15, 0.2) is 11.8 Å². The smallest absolute Gasteiger partial charge is 0.341 e. The van der Waals surface area contributed by atoms with Crippen LogP contribution in [0.1, 0.15) is 34.1 Å². The van der Waals surface area contributed by atoms with Gasteiger partial charge in [0.1, 0.15) is 16.7 Å². The maximum Gasteiger partial charge on any atom is 0.341 e. The lowest BCUT2D eigenvalue weighted by atomic mass is 10.1. The normalized spacial score (nSPS) is 15.1. The number of carbonyl (C=O) groups is 1. The van der Waals surface area contributed by atoms with Crippen LogP contribution in [0.4, 0.5) is 0 Å². The lowest BCUT2D eigenvalue weighted by Gasteiger charge is -2.20. The van der Waals surface area contributed by atoms with Gasteiger partial charge in [-0.05, 0) is 27.2 Å². The van der Waals surface area contributed by atoms with Crippen molar-refractivity contribution >= 4 is 16.5 Å². The Morgan fingerprint density at radius 3 is 2.08 bits per heavy atom. The Morgan fingerprint density at radius 1 is 1.62 bits per heavy atom. The van der Waals surface area contributed by atoms with E-state index in [1.165, 1.54) is 6.26 Å². The van der Waals surface area contributed by atoms with E-state index in [0.29, 0.717) is 5.57 Å². The van der Waals surface area contributed by atoms with E-state index in [0.717, 1.165) is 16.9 Å². The highest BCUT2D eigenvalue weighted by Crippen LogP contribution is 2.09. The predicted molar refractivity (Wildman–Crippen MR) is 55.2 cm³/mol. The number of hydrogen-bond acceptors (Lipinski definition) is 3. The van der Waals surface area contributed by atoms with E-state index < -0.39 is 0 Å². The van der Waals surface area contributed by atoms with Gasteiger partial charge in [0.25, 0.3) is 0 Å². The summed E-state index contributed by atoms with van der Waals surface area (Å²) in [4.78, 5) is 9.94. The zero-order chi connectivity index (χ0) is 10.5. The lowest BCUT2D eigenvalue weighted by molar-refractivity contribution is -0.138. The van der Waals surface area contributed by atoms with Crippen LogP contribution < -0.4 is 0 Å². The highest BCUT2D eigenvalue weighted by atomic mass is 28.2. The summed E-state index contributed by atoms with van der Waals surface area (Å²) in [6.07, 6.45) is 2.54. The molecule has 1 rings (SSSR count). The minimum atomic E-state index is -0.199. The van der Waals surface area contributed by atoms with E-state index >= 15 is 0 Å². The van der Waals surface area contributed by atoms with Crippen LogP contribution in [0, 0.1) is 0 Å². The number of carbonyl (C=O) groups excluding carboxylic acids is 1. The van der Waals surface area contributed by atoms with Crippen molar-refractivity contribution in [2.24, 2.45) is 0 Å². The fourth-order valence-electron chi connectivity index (χ4n) is 0.369. The van der Waals surface area contributed by atoms with E-state index in [2.05, 4.69) is 25.5 Å².